The minimum Gasteiger partial charge on any atom is -0.323 e. The minimum atomic E-state index is 0.00796. The largest absolute Gasteiger partial charge is 0.323 e. The SMILES string of the molecule is CN(C)CC(N)c1cncc2ccccc12. The van der Waals surface area contributed by atoms with Gasteiger partial charge in [0.1, 0.15) is 0 Å². The lowest BCUT2D eigenvalue weighted by Gasteiger charge is -2.18. The van der Waals surface area contributed by atoms with Crippen LogP contribution in [0.2, 0.25) is 0 Å². The number of nitrogens with zero attached hydrogens (tertiary/aromatic N) is 2. The van der Waals surface area contributed by atoms with Crippen LogP contribution in [0, 0.1) is 0 Å². The summed E-state index contributed by atoms with van der Waals surface area (Å²) in [5.41, 5.74) is 7.30. The van der Waals surface area contributed by atoms with Crippen LogP contribution in [0.15, 0.2) is 36.7 Å². The van der Waals surface area contributed by atoms with Gasteiger partial charge in [-0.15, -0.1) is 0 Å². The van der Waals surface area contributed by atoms with Crippen LogP contribution in [0.25, 0.3) is 10.8 Å². The Labute approximate surface area is 95.9 Å². The second kappa shape index (κ2) is 4.60. The monoisotopic (exact) mass is 215 g/mol. The predicted molar refractivity (Wildman–Crippen MR) is 67.2 cm³/mol. The molecule has 0 amide bonds. The first kappa shape index (κ1) is 11.0. The highest BCUT2D eigenvalue weighted by atomic mass is 15.1. The van der Waals surface area contributed by atoms with E-state index in [9.17, 15) is 0 Å². The molecule has 0 bridgehead atoms. The molecule has 0 aliphatic heterocycles. The van der Waals surface area contributed by atoms with E-state index in [2.05, 4.69) is 22.0 Å². The summed E-state index contributed by atoms with van der Waals surface area (Å²) in [5.74, 6) is 0. The topological polar surface area (TPSA) is 42.1 Å². The lowest BCUT2D eigenvalue weighted by Crippen LogP contribution is -2.26. The van der Waals surface area contributed by atoms with Crippen LogP contribution in [-0.4, -0.2) is 30.5 Å². The van der Waals surface area contributed by atoms with Crippen molar-refractivity contribution in [1.29, 1.82) is 0 Å². The molecule has 2 N–H and O–H groups in total. The predicted octanol–water partition coefficient (Wildman–Crippen LogP) is 1.80. The summed E-state index contributed by atoms with van der Waals surface area (Å²) >= 11 is 0. The van der Waals surface area contributed by atoms with Crippen LogP contribution in [0.5, 0.6) is 0 Å². The molecule has 1 heterocycles. The summed E-state index contributed by atoms with van der Waals surface area (Å²) in [6.45, 7) is 0.829. The number of fused-ring (bicyclic) bond motifs is 1. The maximum Gasteiger partial charge on any atom is 0.0445 e. The molecule has 0 fully saturated rings. The molecule has 0 saturated heterocycles. The second-order valence-electron chi connectivity index (χ2n) is 4.32. The van der Waals surface area contributed by atoms with Crippen molar-refractivity contribution < 1.29 is 0 Å². The molecule has 0 spiro atoms. The van der Waals surface area contributed by atoms with Crippen molar-refractivity contribution in [2.45, 2.75) is 6.04 Å². The van der Waals surface area contributed by atoms with E-state index in [4.69, 9.17) is 5.73 Å². The summed E-state index contributed by atoms with van der Waals surface area (Å²) in [7, 11) is 4.05. The molecule has 1 aromatic carbocycles. The van der Waals surface area contributed by atoms with E-state index in [1.165, 1.54) is 5.39 Å². The number of likely N-dealkylation sites (N-methyl/N-ethyl adjacent to an activating group) is 1. The Morgan fingerprint density at radius 3 is 2.75 bits per heavy atom. The third-order valence-electron chi connectivity index (χ3n) is 2.66. The van der Waals surface area contributed by atoms with Crippen LogP contribution >= 0.6 is 0 Å². The molecule has 1 unspecified atom stereocenters. The van der Waals surface area contributed by atoms with Crippen LogP contribution in [0.4, 0.5) is 0 Å². The van der Waals surface area contributed by atoms with Crippen LogP contribution in [-0.2, 0) is 0 Å². The zero-order chi connectivity index (χ0) is 11.5. The average molecular weight is 215 g/mol. The highest BCUT2D eigenvalue weighted by Gasteiger charge is 2.10. The molecule has 0 aliphatic carbocycles. The van der Waals surface area contributed by atoms with Gasteiger partial charge in [0.2, 0.25) is 0 Å². The van der Waals surface area contributed by atoms with Gasteiger partial charge in [-0.05, 0) is 25.0 Å². The third-order valence-corrected chi connectivity index (χ3v) is 2.66. The summed E-state index contributed by atoms with van der Waals surface area (Å²) in [4.78, 5) is 6.33. The molecule has 16 heavy (non-hydrogen) atoms. The summed E-state index contributed by atoms with van der Waals surface area (Å²) in [5, 5.41) is 2.35. The van der Waals surface area contributed by atoms with Crippen molar-refractivity contribution in [3.8, 4) is 0 Å². The maximum absolute atomic E-state index is 6.18. The summed E-state index contributed by atoms with van der Waals surface area (Å²) in [6.07, 6.45) is 3.75. The molecule has 1 aromatic heterocycles. The fourth-order valence-corrected chi connectivity index (χ4v) is 1.93. The molecular formula is C13H17N3. The number of rotatable bonds is 3. The molecule has 0 aliphatic rings. The smallest absolute Gasteiger partial charge is 0.0445 e. The minimum absolute atomic E-state index is 0.00796. The van der Waals surface area contributed by atoms with Crippen LogP contribution in [0.1, 0.15) is 11.6 Å². The molecule has 2 aromatic rings. The zero-order valence-corrected chi connectivity index (χ0v) is 9.72. The van der Waals surface area contributed by atoms with Gasteiger partial charge in [-0.1, -0.05) is 24.3 Å². The maximum atomic E-state index is 6.18. The molecule has 1 atom stereocenters. The molecule has 0 saturated carbocycles. The highest BCUT2D eigenvalue weighted by molar-refractivity contribution is 5.85. The molecule has 84 valence electrons. The molecule has 0 radical (unpaired) electrons. The fourth-order valence-electron chi connectivity index (χ4n) is 1.93. The van der Waals surface area contributed by atoms with Crippen LogP contribution in [0.3, 0.4) is 0 Å². The number of hydrogen-bond donors (Lipinski definition) is 1. The van der Waals surface area contributed by atoms with E-state index in [0.717, 1.165) is 17.5 Å². The Balaban J connectivity index is 2.44. The van der Waals surface area contributed by atoms with Crippen molar-refractivity contribution in [2.24, 2.45) is 5.73 Å². The molecule has 3 nitrogen and oxygen atoms in total. The van der Waals surface area contributed by atoms with Crippen molar-refractivity contribution >= 4 is 10.8 Å². The van der Waals surface area contributed by atoms with Gasteiger partial charge < -0.3 is 10.6 Å². The van der Waals surface area contributed by atoms with E-state index in [1.807, 2.05) is 38.6 Å². The van der Waals surface area contributed by atoms with Gasteiger partial charge in [0.15, 0.2) is 0 Å². The van der Waals surface area contributed by atoms with Gasteiger partial charge in [0.05, 0.1) is 0 Å². The van der Waals surface area contributed by atoms with Crippen molar-refractivity contribution in [3.05, 3.63) is 42.2 Å². The lowest BCUT2D eigenvalue weighted by atomic mass is 10.0. The Bertz CT molecular complexity index is 474. The van der Waals surface area contributed by atoms with E-state index < -0.39 is 0 Å². The van der Waals surface area contributed by atoms with Gasteiger partial charge in [-0.2, -0.15) is 0 Å². The second-order valence-corrected chi connectivity index (χ2v) is 4.32. The Morgan fingerprint density at radius 2 is 2.00 bits per heavy atom. The van der Waals surface area contributed by atoms with Gasteiger partial charge in [-0.25, -0.2) is 0 Å². The molecular weight excluding hydrogens is 198 g/mol. The van der Waals surface area contributed by atoms with E-state index in [-0.39, 0.29) is 6.04 Å². The Morgan fingerprint density at radius 1 is 1.25 bits per heavy atom. The van der Waals surface area contributed by atoms with E-state index in [0.29, 0.717) is 0 Å². The van der Waals surface area contributed by atoms with E-state index >= 15 is 0 Å². The van der Waals surface area contributed by atoms with Crippen LogP contribution < -0.4 is 5.73 Å². The van der Waals surface area contributed by atoms with Gasteiger partial charge in [0.25, 0.3) is 0 Å². The third kappa shape index (κ3) is 2.21. The first-order valence-corrected chi connectivity index (χ1v) is 5.41. The van der Waals surface area contributed by atoms with Gasteiger partial charge in [0, 0.05) is 30.4 Å². The Kier molecular flexibility index (Phi) is 3.17. The number of benzene rings is 1. The Hall–Kier alpha value is -1.45. The van der Waals surface area contributed by atoms with Crippen molar-refractivity contribution in [1.82, 2.24) is 9.88 Å². The number of nitrogens with two attached hydrogens (primary N) is 1. The first-order valence-electron chi connectivity index (χ1n) is 5.41. The lowest BCUT2D eigenvalue weighted by molar-refractivity contribution is 0.377. The molecule has 2 rings (SSSR count). The fraction of sp³-hybridized carbons (Fsp3) is 0.308. The first-order chi connectivity index (χ1) is 7.68. The summed E-state index contributed by atoms with van der Waals surface area (Å²) in [6, 6.07) is 8.23. The number of pyridine rings is 1. The van der Waals surface area contributed by atoms with Gasteiger partial charge in [-0.3, -0.25) is 4.98 Å². The standard InChI is InChI=1S/C13H17N3/c1-16(2)9-13(14)12-8-15-7-10-5-3-4-6-11(10)12/h3-8,13H,9,14H2,1-2H3. The van der Waals surface area contributed by atoms with E-state index in [1.54, 1.807) is 0 Å². The highest BCUT2D eigenvalue weighted by Crippen LogP contribution is 2.21. The van der Waals surface area contributed by atoms with Crippen molar-refractivity contribution in [3.63, 3.8) is 0 Å². The zero-order valence-electron chi connectivity index (χ0n) is 9.72. The quantitative estimate of drug-likeness (QED) is 0.849. The van der Waals surface area contributed by atoms with Crippen molar-refractivity contribution in [2.75, 3.05) is 20.6 Å². The number of hydrogen-bond acceptors (Lipinski definition) is 3. The average Bonchev–Trinajstić information content (AvgIpc) is 2.27. The van der Waals surface area contributed by atoms with Gasteiger partial charge >= 0.3 is 0 Å². The molecule has 3 heteroatoms. The normalized spacial score (nSPS) is 13.2. The summed E-state index contributed by atoms with van der Waals surface area (Å²) < 4.78 is 0. The number of aromatic nitrogens is 1.